The van der Waals surface area contributed by atoms with Crippen molar-refractivity contribution in [1.29, 1.82) is 0 Å². The van der Waals surface area contributed by atoms with Crippen molar-refractivity contribution in [3.05, 3.63) is 41.6 Å². The minimum absolute atomic E-state index is 0.0973. The number of hydrogen-bond acceptors (Lipinski definition) is 6. The predicted octanol–water partition coefficient (Wildman–Crippen LogP) is 3.09. The zero-order chi connectivity index (χ0) is 19.4. The number of nitrogens with one attached hydrogen (secondary N) is 1. The molecule has 0 spiro atoms. The number of rotatable bonds is 4. The smallest absolute Gasteiger partial charge is 0.409 e. The monoisotopic (exact) mass is 377 g/mol. The van der Waals surface area contributed by atoms with E-state index in [4.69, 9.17) is 4.74 Å². The van der Waals surface area contributed by atoms with Crippen LogP contribution in [0.4, 0.5) is 31.0 Å². The molecule has 1 N–H and O–H groups in total. The molecule has 3 rings (SSSR count). The Kier molecular flexibility index (Phi) is 5.68. The molecule has 0 aliphatic carbocycles. The van der Waals surface area contributed by atoms with Crippen molar-refractivity contribution in [3.8, 4) is 0 Å². The second-order valence-electron chi connectivity index (χ2n) is 6.11. The lowest BCUT2D eigenvalue weighted by Crippen LogP contribution is -2.49. The summed E-state index contributed by atoms with van der Waals surface area (Å²) in [7, 11) is 0. The van der Waals surface area contributed by atoms with Crippen molar-refractivity contribution < 1.29 is 18.3 Å². The molecule has 1 aromatic heterocycles. The van der Waals surface area contributed by atoms with Gasteiger partial charge >= 0.3 is 6.09 Å². The normalized spacial score (nSPS) is 14.2. The van der Waals surface area contributed by atoms with E-state index in [2.05, 4.69) is 15.3 Å². The topological polar surface area (TPSA) is 70.6 Å². The van der Waals surface area contributed by atoms with Crippen molar-refractivity contribution in [2.24, 2.45) is 0 Å². The van der Waals surface area contributed by atoms with Crippen LogP contribution in [0.2, 0.25) is 0 Å². The second kappa shape index (κ2) is 8.15. The molecule has 144 valence electrons. The molecule has 0 bridgehead atoms. The summed E-state index contributed by atoms with van der Waals surface area (Å²) in [4.78, 5) is 24.2. The number of aromatic nitrogens is 2. The number of nitrogens with zero attached hydrogens (tertiary/aromatic N) is 4. The van der Waals surface area contributed by atoms with Gasteiger partial charge in [-0.15, -0.1) is 0 Å². The molecule has 0 radical (unpaired) electrons. The molecular weight excluding hydrogens is 356 g/mol. The van der Waals surface area contributed by atoms with Crippen LogP contribution in [0.5, 0.6) is 0 Å². The van der Waals surface area contributed by atoms with E-state index in [1.807, 2.05) is 17.9 Å². The highest BCUT2D eigenvalue weighted by atomic mass is 19.1. The van der Waals surface area contributed by atoms with Crippen LogP contribution in [0.15, 0.2) is 24.3 Å². The summed E-state index contributed by atoms with van der Waals surface area (Å²) in [5.74, 6) is -0.465. The third kappa shape index (κ3) is 4.60. The summed E-state index contributed by atoms with van der Waals surface area (Å²) in [6.07, 6.45) is -0.315. The van der Waals surface area contributed by atoms with E-state index in [1.165, 1.54) is 6.07 Å². The Morgan fingerprint density at radius 1 is 1.19 bits per heavy atom. The van der Waals surface area contributed by atoms with Gasteiger partial charge in [0, 0.05) is 44.0 Å². The molecule has 2 heterocycles. The Morgan fingerprint density at radius 2 is 1.93 bits per heavy atom. The standard InChI is InChI=1S/C18H21F2N5O2/c1-3-27-18(26)25-8-6-24(7-9-25)16-10-12(2)21-17(23-16)22-15-5-4-13(19)11-14(15)20/h4-5,10-11H,3,6-9H2,1-2H3,(H,21,22,23). The minimum atomic E-state index is -0.718. The SMILES string of the molecule is CCOC(=O)N1CCN(c2cc(C)nc(Nc3ccc(F)cc3F)n2)CC1. The number of aryl methyl sites for hydroxylation is 1. The summed E-state index contributed by atoms with van der Waals surface area (Å²) in [5, 5.41) is 2.79. The highest BCUT2D eigenvalue weighted by molar-refractivity contribution is 5.68. The predicted molar refractivity (Wildman–Crippen MR) is 97.2 cm³/mol. The lowest BCUT2D eigenvalue weighted by Gasteiger charge is -2.34. The quantitative estimate of drug-likeness (QED) is 0.883. The van der Waals surface area contributed by atoms with Crippen LogP contribution in [-0.2, 0) is 4.74 Å². The number of piperazine rings is 1. The van der Waals surface area contributed by atoms with E-state index in [-0.39, 0.29) is 17.7 Å². The largest absolute Gasteiger partial charge is 0.450 e. The van der Waals surface area contributed by atoms with Gasteiger partial charge in [0.15, 0.2) is 0 Å². The minimum Gasteiger partial charge on any atom is -0.450 e. The zero-order valence-corrected chi connectivity index (χ0v) is 15.2. The molecule has 0 unspecified atom stereocenters. The first kappa shape index (κ1) is 18.8. The number of amides is 1. The third-order valence-electron chi connectivity index (χ3n) is 4.15. The van der Waals surface area contributed by atoms with E-state index < -0.39 is 11.6 Å². The summed E-state index contributed by atoms with van der Waals surface area (Å²) >= 11 is 0. The lowest BCUT2D eigenvalue weighted by molar-refractivity contribution is 0.105. The van der Waals surface area contributed by atoms with Gasteiger partial charge in [-0.05, 0) is 26.0 Å². The Bertz CT molecular complexity index is 825. The number of benzene rings is 1. The number of anilines is 3. The van der Waals surface area contributed by atoms with Crippen LogP contribution >= 0.6 is 0 Å². The van der Waals surface area contributed by atoms with Crippen molar-refractivity contribution in [2.45, 2.75) is 13.8 Å². The number of ether oxygens (including phenoxy) is 1. The van der Waals surface area contributed by atoms with Gasteiger partial charge in [-0.2, -0.15) is 4.98 Å². The summed E-state index contributed by atoms with van der Waals surface area (Å²) in [5.41, 5.74) is 0.804. The van der Waals surface area contributed by atoms with E-state index in [0.717, 1.165) is 12.1 Å². The molecule has 1 fully saturated rings. The fourth-order valence-corrected chi connectivity index (χ4v) is 2.81. The molecule has 1 saturated heterocycles. The molecule has 1 amide bonds. The first-order valence-electron chi connectivity index (χ1n) is 8.70. The third-order valence-corrected chi connectivity index (χ3v) is 4.15. The zero-order valence-electron chi connectivity index (χ0n) is 15.2. The van der Waals surface area contributed by atoms with Gasteiger partial charge in [-0.25, -0.2) is 18.6 Å². The van der Waals surface area contributed by atoms with Gasteiger partial charge in [0.25, 0.3) is 0 Å². The molecule has 1 aromatic carbocycles. The number of carbonyl (C=O) groups excluding carboxylic acids is 1. The maximum absolute atomic E-state index is 13.9. The van der Waals surface area contributed by atoms with Crippen LogP contribution in [0.1, 0.15) is 12.6 Å². The van der Waals surface area contributed by atoms with Gasteiger partial charge in [0.1, 0.15) is 17.5 Å². The number of hydrogen-bond donors (Lipinski definition) is 1. The van der Waals surface area contributed by atoms with Crippen LogP contribution in [0.3, 0.4) is 0 Å². The van der Waals surface area contributed by atoms with Crippen LogP contribution in [0.25, 0.3) is 0 Å². The first-order chi connectivity index (χ1) is 13.0. The lowest BCUT2D eigenvalue weighted by atomic mass is 10.3. The Morgan fingerprint density at radius 3 is 2.59 bits per heavy atom. The molecule has 7 nitrogen and oxygen atoms in total. The van der Waals surface area contributed by atoms with Crippen molar-refractivity contribution >= 4 is 23.5 Å². The van der Waals surface area contributed by atoms with Crippen molar-refractivity contribution in [2.75, 3.05) is 43.0 Å². The molecule has 9 heteroatoms. The molecule has 2 aromatic rings. The summed E-state index contributed by atoms with van der Waals surface area (Å²) in [6, 6.07) is 5.09. The van der Waals surface area contributed by atoms with E-state index in [0.29, 0.717) is 44.3 Å². The highest BCUT2D eigenvalue weighted by Gasteiger charge is 2.23. The van der Waals surface area contributed by atoms with E-state index in [1.54, 1.807) is 11.8 Å². The summed E-state index contributed by atoms with van der Waals surface area (Å²) < 4.78 is 31.9. The Hall–Kier alpha value is -2.97. The fraction of sp³-hybridized carbons (Fsp3) is 0.389. The van der Waals surface area contributed by atoms with Crippen molar-refractivity contribution in [3.63, 3.8) is 0 Å². The van der Waals surface area contributed by atoms with Gasteiger partial charge in [0.2, 0.25) is 5.95 Å². The molecule has 1 aliphatic heterocycles. The van der Waals surface area contributed by atoms with E-state index >= 15 is 0 Å². The van der Waals surface area contributed by atoms with Crippen LogP contribution in [-0.4, -0.2) is 53.7 Å². The van der Waals surface area contributed by atoms with Gasteiger partial charge in [-0.1, -0.05) is 0 Å². The molecule has 1 aliphatic rings. The van der Waals surface area contributed by atoms with Crippen LogP contribution in [0, 0.1) is 18.6 Å². The molecular formula is C18H21F2N5O2. The summed E-state index contributed by atoms with van der Waals surface area (Å²) in [6.45, 7) is 6.18. The molecule has 27 heavy (non-hydrogen) atoms. The maximum Gasteiger partial charge on any atom is 0.409 e. The highest BCUT2D eigenvalue weighted by Crippen LogP contribution is 2.22. The second-order valence-corrected chi connectivity index (χ2v) is 6.11. The van der Waals surface area contributed by atoms with E-state index in [9.17, 15) is 13.6 Å². The average molecular weight is 377 g/mol. The number of halogens is 2. The average Bonchev–Trinajstić information content (AvgIpc) is 2.64. The van der Waals surface area contributed by atoms with Gasteiger partial charge in [-0.3, -0.25) is 0 Å². The van der Waals surface area contributed by atoms with Crippen molar-refractivity contribution in [1.82, 2.24) is 14.9 Å². The van der Waals surface area contributed by atoms with Crippen LogP contribution < -0.4 is 10.2 Å². The fourth-order valence-electron chi connectivity index (χ4n) is 2.81. The first-order valence-corrected chi connectivity index (χ1v) is 8.70. The molecule has 0 atom stereocenters. The van der Waals surface area contributed by atoms with Gasteiger partial charge in [0.05, 0.1) is 12.3 Å². The Labute approximate surface area is 156 Å². The number of carbonyl (C=O) groups is 1. The molecule has 0 saturated carbocycles. The Balaban J connectivity index is 1.71. The maximum atomic E-state index is 13.9. The van der Waals surface area contributed by atoms with Gasteiger partial charge < -0.3 is 19.9 Å².